The lowest BCUT2D eigenvalue weighted by Crippen LogP contribution is -2.58. The first-order valence-electron chi connectivity index (χ1n) is 21.3. The molecule has 0 bridgehead atoms. The van der Waals surface area contributed by atoms with Crippen molar-refractivity contribution in [3.05, 3.63) is 72.3 Å². The van der Waals surface area contributed by atoms with Gasteiger partial charge in [0.15, 0.2) is 0 Å². The Morgan fingerprint density at radius 2 is 1.26 bits per heavy atom. The van der Waals surface area contributed by atoms with Crippen molar-refractivity contribution in [1.29, 1.82) is 0 Å². The summed E-state index contributed by atoms with van der Waals surface area (Å²) < 4.78 is 5.44. The summed E-state index contributed by atoms with van der Waals surface area (Å²) in [4.78, 5) is 94.6. The van der Waals surface area contributed by atoms with Gasteiger partial charge in [-0.25, -0.2) is 19.6 Å². The molecule has 0 aliphatic rings. The number of aliphatic hydroxyl groups is 1. The van der Waals surface area contributed by atoms with Gasteiger partial charge >= 0.3 is 12.1 Å². The average Bonchev–Trinajstić information content (AvgIpc) is 3.91. The number of H-pyrrole nitrogens is 2. The van der Waals surface area contributed by atoms with E-state index >= 15 is 0 Å². The Bertz CT molecular complexity index is 1860. The number of benzene rings is 1. The molecule has 1 aromatic carbocycles. The third kappa shape index (κ3) is 16.9. The van der Waals surface area contributed by atoms with Crippen LogP contribution in [0, 0.1) is 23.7 Å². The van der Waals surface area contributed by atoms with Crippen LogP contribution in [-0.4, -0.2) is 108 Å². The zero-order valence-corrected chi connectivity index (χ0v) is 37.4. The molecular weight excluding hydrogens is 799 g/mol. The summed E-state index contributed by atoms with van der Waals surface area (Å²) in [6.45, 7) is 16.2. The van der Waals surface area contributed by atoms with Gasteiger partial charge in [0.25, 0.3) is 0 Å². The number of hydrogen-bond acceptors (Lipinski definition) is 10. The minimum Gasteiger partial charge on any atom is -0.480 e. The van der Waals surface area contributed by atoms with Crippen molar-refractivity contribution < 1.29 is 43.7 Å². The number of hydrogen-bond donors (Lipinski definition) is 9. The Hall–Kier alpha value is -5.78. The van der Waals surface area contributed by atoms with E-state index in [1.54, 1.807) is 27.7 Å². The van der Waals surface area contributed by atoms with Crippen LogP contribution in [0.4, 0.5) is 4.79 Å². The van der Waals surface area contributed by atoms with E-state index in [1.807, 2.05) is 65.0 Å². The zero-order chi connectivity index (χ0) is 46.1. The van der Waals surface area contributed by atoms with Crippen LogP contribution >= 0.6 is 0 Å². The summed E-state index contributed by atoms with van der Waals surface area (Å²) in [6.07, 6.45) is 4.54. The van der Waals surface area contributed by atoms with Crippen molar-refractivity contribution in [1.82, 2.24) is 46.5 Å². The molecule has 0 spiro atoms. The normalized spacial score (nSPS) is 15.5. The van der Waals surface area contributed by atoms with Gasteiger partial charge in [0, 0.05) is 49.0 Å². The minimum absolute atomic E-state index is 0.00667. The number of imidazole rings is 2. The number of carboxylic acid groups (broad SMARTS) is 1. The highest BCUT2D eigenvalue weighted by atomic mass is 16.6. The molecule has 5 amide bonds. The monoisotopic (exact) mass is 866 g/mol. The SMILES string of the molecule is CC[C@H](C)[C@H](NC(=O)[C@H](C[C@H](O)[C@H](CC(C)C)NC(=O)[C@H](Cc1cnc[nH]1)NC(=O)[C@H](Cc1ccccc1)NC(=O)OC(C)(C)C)C(C)C)C(=O)N[C@@H](Cc1cnc[nH]1)C(=O)O. The second-order valence-electron chi connectivity index (χ2n) is 17.7. The van der Waals surface area contributed by atoms with E-state index in [0.717, 1.165) is 5.56 Å². The lowest BCUT2D eigenvalue weighted by atomic mass is 9.85. The standard InChI is InChI=1S/C44H67N9O9/c1-10-27(6)37(41(58)51-35(42(59)60)19-30-22-46-24-48-30)53-38(55)31(26(4)5)20-36(54)32(16-25(2)3)49-40(57)34(18-29-21-45-23-47-29)50-39(56)33(17-28-14-12-11-13-15-28)52-43(61)62-44(7,8)9/h11-15,21-27,31-37,54H,10,16-20H2,1-9H3,(H,45,47)(H,46,48)(H,49,57)(H,50,56)(H,51,58)(H,52,61)(H,53,55)(H,59,60)/t27-,31+,32-,33-,34-,35-,36-,37-/m0/s1. The number of aliphatic carboxylic acids is 1. The summed E-state index contributed by atoms with van der Waals surface area (Å²) in [5.41, 5.74) is 0.974. The molecule has 3 aromatic rings. The lowest BCUT2D eigenvalue weighted by molar-refractivity contribution is -0.142. The highest BCUT2D eigenvalue weighted by Crippen LogP contribution is 2.23. The molecule has 2 heterocycles. The second-order valence-corrected chi connectivity index (χ2v) is 17.7. The first kappa shape index (κ1) is 50.6. The number of amides is 5. The van der Waals surface area contributed by atoms with E-state index in [2.05, 4.69) is 46.5 Å². The molecular formula is C44H67N9O9. The number of nitrogens with one attached hydrogen (secondary N) is 7. The molecule has 0 unspecified atom stereocenters. The topological polar surface area (TPSA) is 270 Å². The van der Waals surface area contributed by atoms with E-state index < -0.39 is 83.5 Å². The Morgan fingerprint density at radius 3 is 1.76 bits per heavy atom. The van der Waals surface area contributed by atoms with Gasteiger partial charge < -0.3 is 51.5 Å². The molecule has 0 aliphatic heterocycles. The fourth-order valence-electron chi connectivity index (χ4n) is 6.86. The molecule has 8 atom stereocenters. The van der Waals surface area contributed by atoms with Crippen molar-refractivity contribution in [3.8, 4) is 0 Å². The van der Waals surface area contributed by atoms with Crippen molar-refractivity contribution >= 4 is 35.7 Å². The maximum absolute atomic E-state index is 14.3. The maximum atomic E-state index is 14.3. The third-order valence-electron chi connectivity index (χ3n) is 10.4. The highest BCUT2D eigenvalue weighted by molar-refractivity contribution is 5.92. The van der Waals surface area contributed by atoms with E-state index in [0.29, 0.717) is 24.2 Å². The maximum Gasteiger partial charge on any atom is 0.408 e. The van der Waals surface area contributed by atoms with E-state index in [4.69, 9.17) is 4.74 Å². The molecule has 9 N–H and O–H groups in total. The van der Waals surface area contributed by atoms with Crippen molar-refractivity contribution in [2.45, 2.75) is 143 Å². The van der Waals surface area contributed by atoms with Crippen LogP contribution in [0.25, 0.3) is 0 Å². The second kappa shape index (κ2) is 24.0. The van der Waals surface area contributed by atoms with Gasteiger partial charge in [-0.05, 0) is 56.9 Å². The molecule has 0 aliphatic carbocycles. The summed E-state index contributed by atoms with van der Waals surface area (Å²) in [5, 5.41) is 35.5. The number of nitrogens with zero attached hydrogens (tertiary/aromatic N) is 2. The molecule has 342 valence electrons. The largest absolute Gasteiger partial charge is 0.480 e. The van der Waals surface area contributed by atoms with Crippen LogP contribution in [-0.2, 0) is 48.0 Å². The van der Waals surface area contributed by atoms with Gasteiger partial charge in [0.2, 0.25) is 23.6 Å². The summed E-state index contributed by atoms with van der Waals surface area (Å²) in [7, 11) is 0. The summed E-state index contributed by atoms with van der Waals surface area (Å²) >= 11 is 0. The molecule has 0 saturated carbocycles. The van der Waals surface area contributed by atoms with E-state index in [9.17, 15) is 39.0 Å². The fraction of sp³-hybridized carbons (Fsp3) is 0.591. The minimum atomic E-state index is -1.28. The number of alkyl carbamates (subject to hydrolysis) is 1. The molecule has 62 heavy (non-hydrogen) atoms. The number of ether oxygens (including phenoxy) is 1. The summed E-state index contributed by atoms with van der Waals surface area (Å²) in [6, 6.07) is 3.52. The van der Waals surface area contributed by atoms with E-state index in [-0.39, 0.29) is 43.4 Å². The molecule has 3 rings (SSSR count). The first-order chi connectivity index (χ1) is 29.2. The molecule has 0 saturated heterocycles. The van der Waals surface area contributed by atoms with Crippen molar-refractivity contribution in [3.63, 3.8) is 0 Å². The summed E-state index contributed by atoms with van der Waals surface area (Å²) in [5.74, 6) is -5.22. The Balaban J connectivity index is 1.83. The molecule has 18 nitrogen and oxygen atoms in total. The lowest BCUT2D eigenvalue weighted by Gasteiger charge is -2.32. The number of carbonyl (C=O) groups excluding carboxylic acids is 5. The van der Waals surface area contributed by atoms with Gasteiger partial charge in [-0.2, -0.15) is 0 Å². The van der Waals surface area contributed by atoms with Crippen LogP contribution < -0.4 is 26.6 Å². The Labute approximate surface area is 364 Å². The fourth-order valence-corrected chi connectivity index (χ4v) is 6.86. The molecule has 0 fully saturated rings. The Kier molecular flexibility index (Phi) is 19.6. The van der Waals surface area contributed by atoms with Gasteiger partial charge in [0.05, 0.1) is 24.8 Å². The highest BCUT2D eigenvalue weighted by Gasteiger charge is 2.37. The van der Waals surface area contributed by atoms with Crippen molar-refractivity contribution in [2.24, 2.45) is 23.7 Å². The Morgan fingerprint density at radius 1 is 0.710 bits per heavy atom. The first-order valence-corrected chi connectivity index (χ1v) is 21.3. The van der Waals surface area contributed by atoms with Crippen molar-refractivity contribution in [2.75, 3.05) is 0 Å². The van der Waals surface area contributed by atoms with Gasteiger partial charge in [0.1, 0.15) is 29.8 Å². The van der Waals surface area contributed by atoms with Crippen LogP contribution in [0.3, 0.4) is 0 Å². The smallest absolute Gasteiger partial charge is 0.408 e. The van der Waals surface area contributed by atoms with Crippen LogP contribution in [0.15, 0.2) is 55.4 Å². The van der Waals surface area contributed by atoms with Crippen LogP contribution in [0.2, 0.25) is 0 Å². The number of rotatable bonds is 24. The third-order valence-corrected chi connectivity index (χ3v) is 10.4. The quantitative estimate of drug-likeness (QED) is 0.0631. The van der Waals surface area contributed by atoms with Crippen LogP contribution in [0.5, 0.6) is 0 Å². The number of carboxylic acids is 1. The molecule has 2 aromatic heterocycles. The van der Waals surface area contributed by atoms with Gasteiger partial charge in [-0.15, -0.1) is 0 Å². The number of carbonyl (C=O) groups is 6. The van der Waals surface area contributed by atoms with Crippen LogP contribution in [0.1, 0.15) is 98.5 Å². The number of aromatic nitrogens is 4. The number of aromatic amines is 2. The van der Waals surface area contributed by atoms with Gasteiger partial charge in [-0.3, -0.25) is 19.2 Å². The molecule has 0 radical (unpaired) electrons. The number of aliphatic hydroxyl groups excluding tert-OH is 1. The predicted molar refractivity (Wildman–Crippen MR) is 231 cm³/mol. The average molecular weight is 866 g/mol. The zero-order valence-electron chi connectivity index (χ0n) is 37.4. The predicted octanol–water partition coefficient (Wildman–Crippen LogP) is 3.19. The van der Waals surface area contributed by atoms with E-state index in [1.165, 1.54) is 25.0 Å². The molecule has 18 heteroatoms. The van der Waals surface area contributed by atoms with Gasteiger partial charge in [-0.1, -0.05) is 78.3 Å².